The SMILES string of the molecule is COC(=O)CCCCCC(C)N. The minimum atomic E-state index is -0.115. The molecule has 0 bridgehead atoms. The van der Waals surface area contributed by atoms with E-state index in [2.05, 4.69) is 4.74 Å². The van der Waals surface area contributed by atoms with Crippen molar-refractivity contribution in [3.63, 3.8) is 0 Å². The average molecular weight is 173 g/mol. The number of nitrogens with two attached hydrogens (primary N) is 1. The molecule has 72 valence electrons. The molecule has 0 saturated heterocycles. The Morgan fingerprint density at radius 3 is 2.58 bits per heavy atom. The van der Waals surface area contributed by atoms with Crippen LogP contribution < -0.4 is 5.73 Å². The predicted octanol–water partition coefficient (Wildman–Crippen LogP) is 1.46. The van der Waals surface area contributed by atoms with Crippen molar-refractivity contribution in [3.8, 4) is 0 Å². The zero-order chi connectivity index (χ0) is 9.40. The minimum Gasteiger partial charge on any atom is -0.469 e. The van der Waals surface area contributed by atoms with E-state index in [0.29, 0.717) is 6.42 Å². The van der Waals surface area contributed by atoms with Gasteiger partial charge in [0.25, 0.3) is 0 Å². The topological polar surface area (TPSA) is 52.3 Å². The lowest BCUT2D eigenvalue weighted by Crippen LogP contribution is -2.13. The molecule has 0 fully saturated rings. The van der Waals surface area contributed by atoms with Crippen LogP contribution in [0.5, 0.6) is 0 Å². The van der Waals surface area contributed by atoms with Crippen LogP contribution in [0, 0.1) is 0 Å². The molecular weight excluding hydrogens is 154 g/mol. The molecule has 0 saturated carbocycles. The van der Waals surface area contributed by atoms with Crippen molar-refractivity contribution in [2.75, 3.05) is 7.11 Å². The number of hydrogen-bond acceptors (Lipinski definition) is 3. The van der Waals surface area contributed by atoms with E-state index >= 15 is 0 Å². The third kappa shape index (κ3) is 7.54. The Morgan fingerprint density at radius 2 is 2.08 bits per heavy atom. The van der Waals surface area contributed by atoms with Crippen molar-refractivity contribution in [2.24, 2.45) is 5.73 Å². The summed E-state index contributed by atoms with van der Waals surface area (Å²) in [5.74, 6) is -0.115. The Balaban J connectivity index is 3.05. The maximum atomic E-state index is 10.7. The molecule has 0 rings (SSSR count). The molecule has 1 atom stereocenters. The standard InChI is InChI=1S/C9H19NO2/c1-8(10)6-4-3-5-7-9(11)12-2/h8H,3-7,10H2,1-2H3. The summed E-state index contributed by atoms with van der Waals surface area (Å²) in [5.41, 5.74) is 5.57. The summed E-state index contributed by atoms with van der Waals surface area (Å²) in [6.07, 6.45) is 4.67. The Bertz CT molecular complexity index is 124. The smallest absolute Gasteiger partial charge is 0.305 e. The maximum absolute atomic E-state index is 10.7. The summed E-state index contributed by atoms with van der Waals surface area (Å²) in [5, 5.41) is 0. The van der Waals surface area contributed by atoms with Gasteiger partial charge in [-0.2, -0.15) is 0 Å². The van der Waals surface area contributed by atoms with Gasteiger partial charge in [0.2, 0.25) is 0 Å². The molecule has 0 aliphatic heterocycles. The van der Waals surface area contributed by atoms with Crippen LogP contribution in [0.25, 0.3) is 0 Å². The van der Waals surface area contributed by atoms with Gasteiger partial charge in [0.05, 0.1) is 7.11 Å². The van der Waals surface area contributed by atoms with Gasteiger partial charge in [0, 0.05) is 12.5 Å². The maximum Gasteiger partial charge on any atom is 0.305 e. The summed E-state index contributed by atoms with van der Waals surface area (Å²) in [4.78, 5) is 10.7. The normalized spacial score (nSPS) is 12.6. The Morgan fingerprint density at radius 1 is 1.42 bits per heavy atom. The fourth-order valence-electron chi connectivity index (χ4n) is 1.01. The second-order valence-electron chi connectivity index (χ2n) is 3.15. The van der Waals surface area contributed by atoms with Crippen LogP contribution in [-0.2, 0) is 9.53 Å². The summed E-state index contributed by atoms with van der Waals surface area (Å²) in [7, 11) is 1.42. The average Bonchev–Trinajstić information content (AvgIpc) is 2.03. The van der Waals surface area contributed by atoms with Gasteiger partial charge in [-0.05, 0) is 19.8 Å². The van der Waals surface area contributed by atoms with Gasteiger partial charge in [-0.1, -0.05) is 12.8 Å². The largest absolute Gasteiger partial charge is 0.469 e. The number of carbonyl (C=O) groups is 1. The van der Waals surface area contributed by atoms with Crippen LogP contribution in [0.3, 0.4) is 0 Å². The monoisotopic (exact) mass is 173 g/mol. The molecule has 1 unspecified atom stereocenters. The fourth-order valence-corrected chi connectivity index (χ4v) is 1.01. The summed E-state index contributed by atoms with van der Waals surface area (Å²) < 4.78 is 4.51. The molecule has 0 heterocycles. The van der Waals surface area contributed by atoms with Crippen molar-refractivity contribution in [1.29, 1.82) is 0 Å². The highest BCUT2D eigenvalue weighted by molar-refractivity contribution is 5.68. The lowest BCUT2D eigenvalue weighted by Gasteiger charge is -2.03. The van der Waals surface area contributed by atoms with E-state index in [1.54, 1.807) is 0 Å². The van der Waals surface area contributed by atoms with Gasteiger partial charge in [-0.25, -0.2) is 0 Å². The fraction of sp³-hybridized carbons (Fsp3) is 0.889. The first kappa shape index (κ1) is 11.4. The number of unbranched alkanes of at least 4 members (excludes halogenated alkanes) is 2. The summed E-state index contributed by atoms with van der Waals surface area (Å²) >= 11 is 0. The number of esters is 1. The van der Waals surface area contributed by atoms with E-state index in [1.807, 2.05) is 6.92 Å². The molecule has 0 aromatic rings. The molecule has 0 radical (unpaired) electrons. The lowest BCUT2D eigenvalue weighted by atomic mass is 10.1. The molecule has 0 aliphatic carbocycles. The third-order valence-electron chi connectivity index (χ3n) is 1.77. The van der Waals surface area contributed by atoms with Crippen LogP contribution in [0.2, 0.25) is 0 Å². The van der Waals surface area contributed by atoms with E-state index < -0.39 is 0 Å². The molecule has 12 heavy (non-hydrogen) atoms. The molecule has 3 heteroatoms. The van der Waals surface area contributed by atoms with Gasteiger partial charge in [0.1, 0.15) is 0 Å². The van der Waals surface area contributed by atoms with E-state index in [0.717, 1.165) is 25.7 Å². The second kappa shape index (κ2) is 7.10. The van der Waals surface area contributed by atoms with Crippen molar-refractivity contribution in [3.05, 3.63) is 0 Å². The van der Waals surface area contributed by atoms with Gasteiger partial charge in [-0.15, -0.1) is 0 Å². The Labute approximate surface area is 74.3 Å². The summed E-state index contributed by atoms with van der Waals surface area (Å²) in [6.45, 7) is 2.00. The van der Waals surface area contributed by atoms with Crippen LogP contribution >= 0.6 is 0 Å². The van der Waals surface area contributed by atoms with E-state index in [4.69, 9.17) is 5.73 Å². The molecule has 0 aliphatic rings. The van der Waals surface area contributed by atoms with Gasteiger partial charge >= 0.3 is 5.97 Å². The van der Waals surface area contributed by atoms with E-state index in [-0.39, 0.29) is 12.0 Å². The number of carbonyl (C=O) groups excluding carboxylic acids is 1. The number of methoxy groups -OCH3 is 1. The highest BCUT2D eigenvalue weighted by Gasteiger charge is 1.99. The molecule has 0 spiro atoms. The van der Waals surface area contributed by atoms with Gasteiger partial charge < -0.3 is 10.5 Å². The zero-order valence-corrected chi connectivity index (χ0v) is 8.01. The van der Waals surface area contributed by atoms with Gasteiger partial charge in [0.15, 0.2) is 0 Å². The predicted molar refractivity (Wildman–Crippen MR) is 48.8 cm³/mol. The minimum absolute atomic E-state index is 0.115. The Kier molecular flexibility index (Phi) is 6.76. The van der Waals surface area contributed by atoms with Crippen LogP contribution in [0.15, 0.2) is 0 Å². The van der Waals surface area contributed by atoms with Crippen molar-refractivity contribution in [2.45, 2.75) is 45.1 Å². The van der Waals surface area contributed by atoms with Crippen LogP contribution in [0.4, 0.5) is 0 Å². The second-order valence-corrected chi connectivity index (χ2v) is 3.15. The van der Waals surface area contributed by atoms with E-state index in [9.17, 15) is 4.79 Å². The van der Waals surface area contributed by atoms with Crippen LogP contribution in [0.1, 0.15) is 39.0 Å². The highest BCUT2D eigenvalue weighted by atomic mass is 16.5. The molecule has 0 aromatic heterocycles. The molecule has 0 amide bonds. The number of ether oxygens (including phenoxy) is 1. The lowest BCUT2D eigenvalue weighted by molar-refractivity contribution is -0.140. The van der Waals surface area contributed by atoms with Crippen molar-refractivity contribution >= 4 is 5.97 Å². The van der Waals surface area contributed by atoms with Gasteiger partial charge in [-0.3, -0.25) is 4.79 Å². The summed E-state index contributed by atoms with van der Waals surface area (Å²) in [6, 6.07) is 0.281. The van der Waals surface area contributed by atoms with Crippen molar-refractivity contribution < 1.29 is 9.53 Å². The number of rotatable bonds is 6. The first-order valence-electron chi connectivity index (χ1n) is 4.49. The third-order valence-corrected chi connectivity index (χ3v) is 1.77. The molecule has 3 nitrogen and oxygen atoms in total. The van der Waals surface area contributed by atoms with E-state index in [1.165, 1.54) is 7.11 Å². The highest BCUT2D eigenvalue weighted by Crippen LogP contribution is 2.04. The molecule has 2 N–H and O–H groups in total. The Hall–Kier alpha value is -0.570. The molecular formula is C9H19NO2. The first-order valence-corrected chi connectivity index (χ1v) is 4.49. The molecule has 0 aromatic carbocycles. The zero-order valence-electron chi connectivity index (χ0n) is 8.01. The van der Waals surface area contributed by atoms with Crippen molar-refractivity contribution in [1.82, 2.24) is 0 Å². The first-order chi connectivity index (χ1) is 5.66. The quantitative estimate of drug-likeness (QED) is 0.488. The number of hydrogen-bond donors (Lipinski definition) is 1. The van der Waals surface area contributed by atoms with Crippen LogP contribution in [-0.4, -0.2) is 19.1 Å².